The molecule has 0 aliphatic carbocycles. The van der Waals surface area contributed by atoms with E-state index in [4.69, 9.17) is 4.74 Å². The number of aryl methyl sites for hydroxylation is 1. The molecular weight excluding hydrogens is 272 g/mol. The summed E-state index contributed by atoms with van der Waals surface area (Å²) in [6.45, 7) is 1.96. The van der Waals surface area contributed by atoms with Gasteiger partial charge in [0.15, 0.2) is 0 Å². The minimum atomic E-state index is -0.382. The van der Waals surface area contributed by atoms with Crippen LogP contribution < -0.4 is 4.74 Å². The third-order valence-electron chi connectivity index (χ3n) is 2.03. The summed E-state index contributed by atoms with van der Waals surface area (Å²) < 4.78 is 10.5. The van der Waals surface area contributed by atoms with Crippen molar-refractivity contribution in [1.29, 1.82) is 0 Å². The van der Waals surface area contributed by atoms with Crippen LogP contribution in [0.3, 0.4) is 0 Å². The van der Waals surface area contributed by atoms with Crippen molar-refractivity contribution in [2.45, 2.75) is 6.92 Å². The molecule has 0 atom stereocenters. The van der Waals surface area contributed by atoms with Gasteiger partial charge in [-0.3, -0.25) is 0 Å². The number of hydrogen-bond donors (Lipinski definition) is 0. The summed E-state index contributed by atoms with van der Waals surface area (Å²) in [5, 5.41) is 0. The maximum atomic E-state index is 11.0. The zero-order valence-electron chi connectivity index (χ0n) is 9.41. The number of carbonyl (C=O) groups excluding carboxylic acids is 1. The van der Waals surface area contributed by atoms with E-state index in [1.54, 1.807) is 13.2 Å². The Bertz CT molecular complexity index is 425. The Morgan fingerprint density at radius 1 is 1.38 bits per heavy atom. The number of rotatable bonds is 3. The molecule has 0 aliphatic heterocycles. The topological polar surface area (TPSA) is 35.5 Å². The number of carbonyl (C=O) groups is 1. The van der Waals surface area contributed by atoms with E-state index in [2.05, 4.69) is 20.7 Å². The molecule has 0 spiro atoms. The molecule has 0 saturated heterocycles. The van der Waals surface area contributed by atoms with Crippen molar-refractivity contribution in [2.24, 2.45) is 0 Å². The maximum Gasteiger partial charge on any atom is 0.330 e. The minimum Gasteiger partial charge on any atom is -0.496 e. The maximum absolute atomic E-state index is 11.0. The van der Waals surface area contributed by atoms with Gasteiger partial charge in [-0.1, -0.05) is 6.07 Å². The van der Waals surface area contributed by atoms with Gasteiger partial charge in [-0.05, 0) is 46.1 Å². The highest BCUT2D eigenvalue weighted by atomic mass is 79.9. The molecule has 3 nitrogen and oxygen atoms in total. The molecule has 1 rings (SSSR count). The fraction of sp³-hybridized carbons (Fsp3) is 0.250. The first-order valence-corrected chi connectivity index (χ1v) is 5.48. The summed E-state index contributed by atoms with van der Waals surface area (Å²) >= 11 is 3.42. The average molecular weight is 285 g/mol. The van der Waals surface area contributed by atoms with Gasteiger partial charge >= 0.3 is 5.97 Å². The molecule has 0 amide bonds. The molecule has 16 heavy (non-hydrogen) atoms. The summed E-state index contributed by atoms with van der Waals surface area (Å²) in [5.74, 6) is 0.358. The smallest absolute Gasteiger partial charge is 0.330 e. The average Bonchev–Trinajstić information content (AvgIpc) is 2.29. The van der Waals surface area contributed by atoms with Gasteiger partial charge in [0.05, 0.1) is 18.7 Å². The van der Waals surface area contributed by atoms with Crippen LogP contribution in [0.1, 0.15) is 11.1 Å². The van der Waals surface area contributed by atoms with Crippen LogP contribution in [-0.2, 0) is 9.53 Å². The van der Waals surface area contributed by atoms with Gasteiger partial charge in [0.1, 0.15) is 5.75 Å². The second-order valence-electron chi connectivity index (χ2n) is 3.23. The van der Waals surface area contributed by atoms with Crippen molar-refractivity contribution >= 4 is 28.0 Å². The number of methoxy groups -OCH3 is 2. The van der Waals surface area contributed by atoms with Gasteiger partial charge in [0.25, 0.3) is 0 Å². The van der Waals surface area contributed by atoms with E-state index in [1.807, 2.05) is 19.1 Å². The molecule has 0 bridgehead atoms. The third kappa shape index (κ3) is 3.10. The SMILES string of the molecule is COC(=O)/C=C/c1cc(C)cc(OC)c1Br. The van der Waals surface area contributed by atoms with E-state index >= 15 is 0 Å². The third-order valence-corrected chi connectivity index (χ3v) is 2.88. The second-order valence-corrected chi connectivity index (χ2v) is 4.02. The van der Waals surface area contributed by atoms with Crippen LogP contribution in [0.5, 0.6) is 5.75 Å². The van der Waals surface area contributed by atoms with Gasteiger partial charge in [-0.2, -0.15) is 0 Å². The zero-order chi connectivity index (χ0) is 12.1. The van der Waals surface area contributed by atoms with E-state index in [0.717, 1.165) is 21.3 Å². The second kappa shape index (κ2) is 5.70. The molecule has 0 N–H and O–H groups in total. The summed E-state index contributed by atoms with van der Waals surface area (Å²) in [6.07, 6.45) is 3.06. The minimum absolute atomic E-state index is 0.382. The van der Waals surface area contributed by atoms with Crippen molar-refractivity contribution < 1.29 is 14.3 Å². The van der Waals surface area contributed by atoms with Crippen molar-refractivity contribution in [3.05, 3.63) is 33.8 Å². The van der Waals surface area contributed by atoms with Crippen molar-refractivity contribution in [1.82, 2.24) is 0 Å². The molecule has 0 fully saturated rings. The van der Waals surface area contributed by atoms with Crippen LogP contribution in [0.15, 0.2) is 22.7 Å². The molecule has 0 radical (unpaired) electrons. The Morgan fingerprint density at radius 2 is 2.06 bits per heavy atom. The Hall–Kier alpha value is -1.29. The Labute approximate surface area is 103 Å². The molecular formula is C12H13BrO3. The highest BCUT2D eigenvalue weighted by molar-refractivity contribution is 9.10. The Morgan fingerprint density at radius 3 is 2.62 bits per heavy atom. The van der Waals surface area contributed by atoms with Gasteiger partial charge in [0.2, 0.25) is 0 Å². The first-order chi connectivity index (χ1) is 7.58. The van der Waals surface area contributed by atoms with Crippen LogP contribution in [0, 0.1) is 6.92 Å². The quantitative estimate of drug-likeness (QED) is 0.632. The molecule has 0 aromatic heterocycles. The molecule has 4 heteroatoms. The highest BCUT2D eigenvalue weighted by Gasteiger charge is 2.05. The fourth-order valence-corrected chi connectivity index (χ4v) is 1.78. The van der Waals surface area contributed by atoms with E-state index in [-0.39, 0.29) is 5.97 Å². The number of halogens is 1. The van der Waals surface area contributed by atoms with Crippen molar-refractivity contribution in [3.8, 4) is 5.75 Å². The lowest BCUT2D eigenvalue weighted by Gasteiger charge is -2.07. The summed E-state index contributed by atoms with van der Waals surface area (Å²) in [6, 6.07) is 3.87. The van der Waals surface area contributed by atoms with Gasteiger partial charge in [0, 0.05) is 6.08 Å². The monoisotopic (exact) mass is 284 g/mol. The number of ether oxygens (including phenoxy) is 2. The highest BCUT2D eigenvalue weighted by Crippen LogP contribution is 2.30. The first kappa shape index (κ1) is 12.8. The lowest BCUT2D eigenvalue weighted by Crippen LogP contribution is -1.94. The lowest BCUT2D eigenvalue weighted by atomic mass is 10.1. The molecule has 0 aliphatic rings. The van der Waals surface area contributed by atoms with Gasteiger partial charge in [-0.15, -0.1) is 0 Å². The fourth-order valence-electron chi connectivity index (χ4n) is 1.26. The van der Waals surface area contributed by atoms with Crippen LogP contribution in [-0.4, -0.2) is 20.2 Å². The zero-order valence-corrected chi connectivity index (χ0v) is 11.0. The summed E-state index contributed by atoms with van der Waals surface area (Å²) in [7, 11) is 2.95. The number of hydrogen-bond acceptors (Lipinski definition) is 3. The van der Waals surface area contributed by atoms with E-state index in [1.165, 1.54) is 13.2 Å². The van der Waals surface area contributed by atoms with Crippen LogP contribution in [0.2, 0.25) is 0 Å². The molecule has 0 unspecified atom stereocenters. The lowest BCUT2D eigenvalue weighted by molar-refractivity contribution is -0.134. The van der Waals surface area contributed by atoms with Crippen LogP contribution in [0.25, 0.3) is 6.08 Å². The number of benzene rings is 1. The summed E-state index contributed by atoms with van der Waals surface area (Å²) in [4.78, 5) is 11.0. The standard InChI is InChI=1S/C12H13BrO3/c1-8-6-9(4-5-11(14)16-3)12(13)10(7-8)15-2/h4-7H,1-3H3/b5-4+. The predicted molar refractivity (Wildman–Crippen MR) is 66.5 cm³/mol. The molecule has 86 valence electrons. The molecule has 1 aromatic carbocycles. The number of esters is 1. The molecule has 0 saturated carbocycles. The van der Waals surface area contributed by atoms with E-state index < -0.39 is 0 Å². The van der Waals surface area contributed by atoms with E-state index in [9.17, 15) is 4.79 Å². The van der Waals surface area contributed by atoms with Crippen LogP contribution in [0.4, 0.5) is 0 Å². The first-order valence-electron chi connectivity index (χ1n) is 4.68. The van der Waals surface area contributed by atoms with Gasteiger partial charge in [-0.25, -0.2) is 4.79 Å². The Balaban J connectivity index is 3.09. The van der Waals surface area contributed by atoms with Gasteiger partial charge < -0.3 is 9.47 Å². The predicted octanol–water partition coefficient (Wildman–Crippen LogP) is 2.95. The van der Waals surface area contributed by atoms with Crippen molar-refractivity contribution in [3.63, 3.8) is 0 Å². The Kier molecular flexibility index (Phi) is 4.55. The molecule has 1 aromatic rings. The van der Waals surface area contributed by atoms with E-state index in [0.29, 0.717) is 0 Å². The largest absolute Gasteiger partial charge is 0.496 e. The van der Waals surface area contributed by atoms with Crippen LogP contribution >= 0.6 is 15.9 Å². The summed E-state index contributed by atoms with van der Waals surface area (Å²) in [5.41, 5.74) is 1.94. The normalized spacial score (nSPS) is 10.5. The molecule has 0 heterocycles. The van der Waals surface area contributed by atoms with Crippen molar-refractivity contribution in [2.75, 3.05) is 14.2 Å².